The summed E-state index contributed by atoms with van der Waals surface area (Å²) in [6, 6.07) is 1.97. The summed E-state index contributed by atoms with van der Waals surface area (Å²) in [5.41, 5.74) is 6.68. The Kier molecular flexibility index (Phi) is 2.11. The number of nitrogens with two attached hydrogens (primary N) is 1. The van der Waals surface area contributed by atoms with Crippen molar-refractivity contribution >= 4 is 15.9 Å². The summed E-state index contributed by atoms with van der Waals surface area (Å²) in [4.78, 5) is 0. The van der Waals surface area contributed by atoms with Crippen LogP contribution >= 0.6 is 15.9 Å². The average molecular weight is 204 g/mol. The first-order valence-corrected chi connectivity index (χ1v) is 3.85. The predicted octanol–water partition coefficient (Wildman–Crippen LogP) is 1.20. The third kappa shape index (κ3) is 1.38. The normalized spacial score (nSPS) is 13.6. The second-order valence-corrected chi connectivity index (χ2v) is 3.12. The van der Waals surface area contributed by atoms with Crippen LogP contribution in [0.3, 0.4) is 0 Å². The molecule has 0 saturated carbocycles. The number of hydrogen-bond donors (Lipinski definition) is 1. The highest BCUT2D eigenvalue weighted by Gasteiger charge is 2.05. The van der Waals surface area contributed by atoms with E-state index in [1.165, 1.54) is 0 Å². The number of aromatic nitrogens is 2. The van der Waals surface area contributed by atoms with Gasteiger partial charge < -0.3 is 5.73 Å². The van der Waals surface area contributed by atoms with Crippen LogP contribution in [0.4, 0.5) is 0 Å². The molecule has 1 rings (SSSR count). The molecule has 0 aliphatic carbocycles. The minimum absolute atomic E-state index is 0.0452. The van der Waals surface area contributed by atoms with Crippen LogP contribution < -0.4 is 5.73 Å². The number of rotatable bonds is 1. The summed E-state index contributed by atoms with van der Waals surface area (Å²) in [5.74, 6) is 0. The molecule has 0 aliphatic rings. The lowest BCUT2D eigenvalue weighted by atomic mass is 10.2. The monoisotopic (exact) mass is 203 g/mol. The molecular weight excluding hydrogens is 194 g/mol. The van der Waals surface area contributed by atoms with Crippen molar-refractivity contribution in [2.75, 3.05) is 0 Å². The highest BCUT2D eigenvalue weighted by atomic mass is 79.9. The molecule has 2 N–H and O–H groups in total. The highest BCUT2D eigenvalue weighted by molar-refractivity contribution is 9.10. The minimum atomic E-state index is 0.0452. The Hall–Kier alpha value is -0.350. The van der Waals surface area contributed by atoms with Crippen LogP contribution in [0.1, 0.15) is 18.7 Å². The number of hydrogen-bond acceptors (Lipinski definition) is 2. The lowest BCUT2D eigenvalue weighted by Gasteiger charge is -2.03. The molecule has 0 amide bonds. The van der Waals surface area contributed by atoms with Gasteiger partial charge in [-0.25, -0.2) is 0 Å². The Labute approximate surface area is 68.3 Å². The topological polar surface area (TPSA) is 43.8 Å². The van der Waals surface area contributed by atoms with Gasteiger partial charge in [-0.2, -0.15) is 5.10 Å². The van der Waals surface area contributed by atoms with E-state index in [2.05, 4.69) is 21.0 Å². The zero-order valence-electron chi connectivity index (χ0n) is 6.00. The summed E-state index contributed by atoms with van der Waals surface area (Å²) < 4.78 is 2.61. The fourth-order valence-electron chi connectivity index (χ4n) is 0.871. The fourth-order valence-corrected chi connectivity index (χ4v) is 1.34. The SMILES string of the molecule is CC(N)c1cc(Br)nn1C. The highest BCUT2D eigenvalue weighted by Crippen LogP contribution is 2.14. The number of aryl methyl sites for hydroxylation is 1. The van der Waals surface area contributed by atoms with Crippen LogP contribution in [0, 0.1) is 0 Å². The van der Waals surface area contributed by atoms with Gasteiger partial charge >= 0.3 is 0 Å². The van der Waals surface area contributed by atoms with Crippen LogP contribution in [0.2, 0.25) is 0 Å². The zero-order chi connectivity index (χ0) is 7.72. The molecule has 0 aliphatic heterocycles. The molecule has 1 heterocycles. The Morgan fingerprint density at radius 1 is 1.80 bits per heavy atom. The lowest BCUT2D eigenvalue weighted by molar-refractivity contribution is 0.652. The molecule has 1 unspecified atom stereocenters. The van der Waals surface area contributed by atoms with E-state index in [-0.39, 0.29) is 6.04 Å². The Morgan fingerprint density at radius 3 is 2.60 bits per heavy atom. The molecule has 0 aromatic carbocycles. The van der Waals surface area contributed by atoms with E-state index in [9.17, 15) is 0 Å². The van der Waals surface area contributed by atoms with Crippen LogP contribution in [-0.2, 0) is 7.05 Å². The first kappa shape index (κ1) is 7.75. The molecule has 4 heteroatoms. The van der Waals surface area contributed by atoms with E-state index in [0.29, 0.717) is 0 Å². The zero-order valence-corrected chi connectivity index (χ0v) is 7.59. The molecule has 0 fully saturated rings. The maximum Gasteiger partial charge on any atom is 0.128 e. The molecule has 56 valence electrons. The van der Waals surface area contributed by atoms with E-state index in [0.717, 1.165) is 10.3 Å². The van der Waals surface area contributed by atoms with Gasteiger partial charge in [0, 0.05) is 13.1 Å². The molecular formula is C6H10BrN3. The van der Waals surface area contributed by atoms with Gasteiger partial charge in [-0.3, -0.25) is 4.68 Å². The van der Waals surface area contributed by atoms with Crippen molar-refractivity contribution in [3.8, 4) is 0 Å². The smallest absolute Gasteiger partial charge is 0.128 e. The molecule has 1 atom stereocenters. The van der Waals surface area contributed by atoms with Crippen molar-refractivity contribution in [1.29, 1.82) is 0 Å². The molecule has 1 aromatic heterocycles. The summed E-state index contributed by atoms with van der Waals surface area (Å²) in [5, 5.41) is 4.09. The fraction of sp³-hybridized carbons (Fsp3) is 0.500. The Bertz CT molecular complexity index is 229. The van der Waals surface area contributed by atoms with Crippen LogP contribution in [0.15, 0.2) is 10.7 Å². The van der Waals surface area contributed by atoms with E-state index < -0.39 is 0 Å². The summed E-state index contributed by atoms with van der Waals surface area (Å²) in [6.07, 6.45) is 0. The molecule has 0 bridgehead atoms. The molecule has 0 radical (unpaired) electrons. The van der Waals surface area contributed by atoms with Crippen molar-refractivity contribution in [2.45, 2.75) is 13.0 Å². The van der Waals surface area contributed by atoms with Gasteiger partial charge in [-0.05, 0) is 28.9 Å². The van der Waals surface area contributed by atoms with E-state index in [1.54, 1.807) is 4.68 Å². The summed E-state index contributed by atoms with van der Waals surface area (Å²) >= 11 is 3.26. The van der Waals surface area contributed by atoms with Crippen molar-refractivity contribution < 1.29 is 0 Å². The molecule has 0 spiro atoms. The molecule has 3 nitrogen and oxygen atoms in total. The number of nitrogens with zero attached hydrogens (tertiary/aromatic N) is 2. The maximum absolute atomic E-state index is 5.65. The second kappa shape index (κ2) is 2.72. The van der Waals surface area contributed by atoms with E-state index in [1.807, 2.05) is 20.0 Å². The third-order valence-electron chi connectivity index (χ3n) is 1.35. The maximum atomic E-state index is 5.65. The van der Waals surface area contributed by atoms with Gasteiger partial charge in [0.2, 0.25) is 0 Å². The van der Waals surface area contributed by atoms with Crippen LogP contribution in [-0.4, -0.2) is 9.78 Å². The van der Waals surface area contributed by atoms with Crippen LogP contribution in [0.5, 0.6) is 0 Å². The number of halogens is 1. The van der Waals surface area contributed by atoms with Gasteiger partial charge in [-0.15, -0.1) is 0 Å². The van der Waals surface area contributed by atoms with Gasteiger partial charge in [0.1, 0.15) is 4.60 Å². The first-order valence-electron chi connectivity index (χ1n) is 3.06. The van der Waals surface area contributed by atoms with E-state index in [4.69, 9.17) is 5.73 Å². The molecule has 10 heavy (non-hydrogen) atoms. The van der Waals surface area contributed by atoms with Crippen molar-refractivity contribution in [3.63, 3.8) is 0 Å². The molecule has 0 saturated heterocycles. The molecule has 1 aromatic rings. The standard InChI is InChI=1S/C6H10BrN3/c1-4(8)5-3-6(7)9-10(5)2/h3-4H,8H2,1-2H3. The Balaban J connectivity index is 3.03. The third-order valence-corrected chi connectivity index (χ3v) is 1.74. The van der Waals surface area contributed by atoms with Crippen LogP contribution in [0.25, 0.3) is 0 Å². The van der Waals surface area contributed by atoms with Gasteiger partial charge in [0.25, 0.3) is 0 Å². The van der Waals surface area contributed by atoms with E-state index >= 15 is 0 Å². The van der Waals surface area contributed by atoms with Gasteiger partial charge in [0.15, 0.2) is 0 Å². The van der Waals surface area contributed by atoms with Gasteiger partial charge in [0.05, 0.1) is 5.69 Å². The quantitative estimate of drug-likeness (QED) is 0.746. The Morgan fingerprint density at radius 2 is 2.40 bits per heavy atom. The predicted molar refractivity (Wildman–Crippen MR) is 43.5 cm³/mol. The largest absolute Gasteiger partial charge is 0.323 e. The lowest BCUT2D eigenvalue weighted by Crippen LogP contribution is -2.10. The van der Waals surface area contributed by atoms with Crippen molar-refractivity contribution in [3.05, 3.63) is 16.4 Å². The minimum Gasteiger partial charge on any atom is -0.323 e. The van der Waals surface area contributed by atoms with Crippen molar-refractivity contribution in [1.82, 2.24) is 9.78 Å². The van der Waals surface area contributed by atoms with Gasteiger partial charge in [-0.1, -0.05) is 0 Å². The first-order chi connectivity index (χ1) is 4.61. The summed E-state index contributed by atoms with van der Waals surface area (Å²) in [6.45, 7) is 1.93. The summed E-state index contributed by atoms with van der Waals surface area (Å²) in [7, 11) is 1.88. The van der Waals surface area contributed by atoms with Crippen molar-refractivity contribution in [2.24, 2.45) is 12.8 Å². The average Bonchev–Trinajstić information content (AvgIpc) is 2.10. The second-order valence-electron chi connectivity index (χ2n) is 2.30.